The van der Waals surface area contributed by atoms with Crippen LogP contribution in [-0.2, 0) is 9.47 Å². The number of ether oxygens (including phenoxy) is 2. The quantitative estimate of drug-likeness (QED) is 0.285. The van der Waals surface area contributed by atoms with Crippen molar-refractivity contribution in [3.8, 4) is 0 Å². The summed E-state index contributed by atoms with van der Waals surface area (Å²) in [6.45, 7) is 4.14. The zero-order chi connectivity index (χ0) is 13.9. The van der Waals surface area contributed by atoms with Gasteiger partial charge in [-0.3, -0.25) is 4.99 Å². The Morgan fingerprint density at radius 2 is 2.05 bits per heavy atom. The molecule has 0 bridgehead atoms. The second-order valence-electron chi connectivity index (χ2n) is 5.25. The number of hydrogen-bond acceptors (Lipinski definition) is 3. The molecule has 0 amide bonds. The Balaban J connectivity index is 0.00000361. The highest BCUT2D eigenvalue weighted by atomic mass is 127. The van der Waals surface area contributed by atoms with Gasteiger partial charge in [-0.15, -0.1) is 24.0 Å². The average molecular weight is 399 g/mol. The van der Waals surface area contributed by atoms with E-state index in [1.807, 2.05) is 6.92 Å². The normalized spacial score (nSPS) is 18.4. The molecular formula is C14H30IN3O2. The number of nitrogens with two attached hydrogens (primary N) is 1. The first-order chi connectivity index (χ1) is 9.22. The van der Waals surface area contributed by atoms with Gasteiger partial charge in [0.1, 0.15) is 0 Å². The van der Waals surface area contributed by atoms with Crippen molar-refractivity contribution in [2.24, 2.45) is 10.7 Å². The van der Waals surface area contributed by atoms with Crippen molar-refractivity contribution in [1.29, 1.82) is 0 Å². The van der Waals surface area contributed by atoms with E-state index in [9.17, 15) is 0 Å². The summed E-state index contributed by atoms with van der Waals surface area (Å²) >= 11 is 0. The van der Waals surface area contributed by atoms with Crippen molar-refractivity contribution < 1.29 is 9.47 Å². The van der Waals surface area contributed by atoms with Gasteiger partial charge in [0.05, 0.1) is 12.7 Å². The first kappa shape index (κ1) is 19.9. The van der Waals surface area contributed by atoms with Crippen LogP contribution in [0.15, 0.2) is 4.99 Å². The number of rotatable bonds is 8. The number of hydrogen-bond donors (Lipinski definition) is 2. The molecule has 5 nitrogen and oxygen atoms in total. The summed E-state index contributed by atoms with van der Waals surface area (Å²) in [5.74, 6) is 0.488. The van der Waals surface area contributed by atoms with E-state index in [1.54, 1.807) is 7.11 Å². The fourth-order valence-corrected chi connectivity index (χ4v) is 2.34. The molecule has 0 aromatic heterocycles. The lowest BCUT2D eigenvalue weighted by molar-refractivity contribution is 0.0281. The summed E-state index contributed by atoms with van der Waals surface area (Å²) in [4.78, 5) is 4.28. The van der Waals surface area contributed by atoms with Gasteiger partial charge in [0.25, 0.3) is 0 Å². The molecule has 6 heteroatoms. The van der Waals surface area contributed by atoms with Crippen LogP contribution in [0.4, 0.5) is 0 Å². The lowest BCUT2D eigenvalue weighted by Gasteiger charge is -2.21. The monoisotopic (exact) mass is 399 g/mol. The molecule has 0 heterocycles. The lowest BCUT2D eigenvalue weighted by atomic mass is 9.98. The van der Waals surface area contributed by atoms with Gasteiger partial charge in [0, 0.05) is 26.3 Å². The number of methoxy groups -OCH3 is 1. The van der Waals surface area contributed by atoms with E-state index in [-0.39, 0.29) is 30.0 Å². The Morgan fingerprint density at radius 3 is 2.70 bits per heavy atom. The zero-order valence-electron chi connectivity index (χ0n) is 12.8. The summed E-state index contributed by atoms with van der Waals surface area (Å²) < 4.78 is 10.9. The van der Waals surface area contributed by atoms with Crippen molar-refractivity contribution in [1.82, 2.24) is 5.32 Å². The third-order valence-corrected chi connectivity index (χ3v) is 3.30. The van der Waals surface area contributed by atoms with Gasteiger partial charge in [0.2, 0.25) is 0 Å². The van der Waals surface area contributed by atoms with Gasteiger partial charge in [-0.25, -0.2) is 0 Å². The van der Waals surface area contributed by atoms with Crippen LogP contribution in [0.3, 0.4) is 0 Å². The predicted octanol–water partition coefficient (Wildman–Crippen LogP) is 2.28. The van der Waals surface area contributed by atoms with Crippen LogP contribution in [0.2, 0.25) is 0 Å². The summed E-state index contributed by atoms with van der Waals surface area (Å²) in [7, 11) is 1.67. The molecule has 1 fully saturated rings. The van der Waals surface area contributed by atoms with Crippen molar-refractivity contribution in [3.63, 3.8) is 0 Å². The Kier molecular flexibility index (Phi) is 12.6. The fraction of sp³-hybridized carbons (Fsp3) is 0.929. The lowest BCUT2D eigenvalue weighted by Crippen LogP contribution is -2.40. The number of nitrogens with one attached hydrogen (secondary N) is 1. The summed E-state index contributed by atoms with van der Waals surface area (Å²) in [5.41, 5.74) is 5.77. The highest BCUT2D eigenvalue weighted by Gasteiger charge is 2.12. The Morgan fingerprint density at radius 1 is 1.35 bits per heavy atom. The van der Waals surface area contributed by atoms with Crippen molar-refractivity contribution in [2.45, 2.75) is 57.6 Å². The van der Waals surface area contributed by atoms with Gasteiger partial charge < -0.3 is 20.5 Å². The smallest absolute Gasteiger partial charge is 0.188 e. The maximum atomic E-state index is 5.83. The minimum absolute atomic E-state index is 0. The van der Waals surface area contributed by atoms with Crippen LogP contribution in [0, 0.1) is 0 Å². The topological polar surface area (TPSA) is 68.9 Å². The SMILES string of the molecule is COCC(C)NC(N)=NCCCOC1CCCCC1.I. The summed E-state index contributed by atoms with van der Waals surface area (Å²) in [6, 6.07) is 0.187. The molecule has 120 valence electrons. The summed E-state index contributed by atoms with van der Waals surface area (Å²) in [5, 5.41) is 3.08. The van der Waals surface area contributed by atoms with Crippen LogP contribution in [0.25, 0.3) is 0 Å². The average Bonchev–Trinajstić information content (AvgIpc) is 2.39. The molecule has 1 aliphatic carbocycles. The maximum absolute atomic E-state index is 5.83. The maximum Gasteiger partial charge on any atom is 0.188 e. The minimum atomic E-state index is 0. The molecule has 0 spiro atoms. The molecule has 1 aliphatic rings. The molecular weight excluding hydrogens is 369 g/mol. The second kappa shape index (κ2) is 12.6. The van der Waals surface area contributed by atoms with Crippen molar-refractivity contribution in [2.75, 3.05) is 26.9 Å². The van der Waals surface area contributed by atoms with Gasteiger partial charge in [-0.1, -0.05) is 19.3 Å². The molecule has 1 saturated carbocycles. The number of nitrogens with zero attached hydrogens (tertiary/aromatic N) is 1. The number of guanidine groups is 1. The van der Waals surface area contributed by atoms with E-state index in [0.717, 1.165) is 13.0 Å². The standard InChI is InChI=1S/C14H29N3O2.HI/c1-12(11-18-2)17-14(15)16-9-6-10-19-13-7-4-3-5-8-13;/h12-13H,3-11H2,1-2H3,(H3,15,16,17);1H. The van der Waals surface area contributed by atoms with Crippen LogP contribution < -0.4 is 11.1 Å². The van der Waals surface area contributed by atoms with E-state index in [4.69, 9.17) is 15.2 Å². The highest BCUT2D eigenvalue weighted by molar-refractivity contribution is 14.0. The van der Waals surface area contributed by atoms with Crippen molar-refractivity contribution in [3.05, 3.63) is 0 Å². The van der Waals surface area contributed by atoms with E-state index in [2.05, 4.69) is 10.3 Å². The van der Waals surface area contributed by atoms with Crippen LogP contribution >= 0.6 is 24.0 Å². The molecule has 0 radical (unpaired) electrons. The molecule has 1 unspecified atom stereocenters. The van der Waals surface area contributed by atoms with Gasteiger partial charge in [0.15, 0.2) is 5.96 Å². The largest absolute Gasteiger partial charge is 0.383 e. The van der Waals surface area contributed by atoms with E-state index in [1.165, 1.54) is 32.1 Å². The zero-order valence-corrected chi connectivity index (χ0v) is 15.1. The third-order valence-electron chi connectivity index (χ3n) is 3.30. The molecule has 1 rings (SSSR count). The first-order valence-electron chi connectivity index (χ1n) is 7.39. The Bertz CT molecular complexity index is 259. The Hall–Kier alpha value is -0.0800. The predicted molar refractivity (Wildman–Crippen MR) is 93.8 cm³/mol. The van der Waals surface area contributed by atoms with Gasteiger partial charge in [-0.05, 0) is 26.2 Å². The van der Waals surface area contributed by atoms with E-state index >= 15 is 0 Å². The molecule has 0 aromatic rings. The third kappa shape index (κ3) is 9.77. The highest BCUT2D eigenvalue weighted by Crippen LogP contribution is 2.20. The number of halogens is 1. The molecule has 0 saturated heterocycles. The Labute approximate surface area is 140 Å². The molecule has 20 heavy (non-hydrogen) atoms. The molecule has 0 aliphatic heterocycles. The van der Waals surface area contributed by atoms with Gasteiger partial charge >= 0.3 is 0 Å². The molecule has 3 N–H and O–H groups in total. The number of aliphatic imine (C=N–C) groups is 1. The summed E-state index contributed by atoms with van der Waals surface area (Å²) in [6.07, 6.45) is 7.86. The van der Waals surface area contributed by atoms with Crippen LogP contribution in [0.5, 0.6) is 0 Å². The first-order valence-corrected chi connectivity index (χ1v) is 7.39. The molecule has 0 aromatic carbocycles. The van der Waals surface area contributed by atoms with Gasteiger partial charge in [-0.2, -0.15) is 0 Å². The van der Waals surface area contributed by atoms with Crippen LogP contribution in [0.1, 0.15) is 45.4 Å². The second-order valence-corrected chi connectivity index (χ2v) is 5.25. The van der Waals surface area contributed by atoms with E-state index < -0.39 is 0 Å². The van der Waals surface area contributed by atoms with Crippen LogP contribution in [-0.4, -0.2) is 45.0 Å². The molecule has 1 atom stereocenters. The van der Waals surface area contributed by atoms with Crippen molar-refractivity contribution >= 4 is 29.9 Å². The minimum Gasteiger partial charge on any atom is -0.383 e. The van der Waals surface area contributed by atoms with E-state index in [0.29, 0.717) is 25.2 Å². The fourth-order valence-electron chi connectivity index (χ4n) is 2.34.